The van der Waals surface area contributed by atoms with E-state index in [1.807, 2.05) is 19.9 Å². The number of unbranched alkanes of at least 4 members (excludes halogenated alkanes) is 1. The standard InChI is InChI=1S/C21H23BrN2O4S/c1-4-5-10-28-20(26)14-6-8-16(9-7-14)23-21(29)24-19(25)17-12-15(22)11-13(2)18(17)27-3/h6-9,11-12H,4-5,10H2,1-3H3,(H2,23,24,25,29). The number of rotatable bonds is 7. The number of halogens is 1. The number of methoxy groups -OCH3 is 1. The van der Waals surface area contributed by atoms with Crippen molar-refractivity contribution in [3.63, 3.8) is 0 Å². The van der Waals surface area contributed by atoms with E-state index in [1.165, 1.54) is 7.11 Å². The summed E-state index contributed by atoms with van der Waals surface area (Å²) in [6.45, 7) is 4.29. The number of ether oxygens (including phenoxy) is 2. The predicted octanol–water partition coefficient (Wildman–Crippen LogP) is 4.85. The summed E-state index contributed by atoms with van der Waals surface area (Å²) in [6.07, 6.45) is 1.80. The molecule has 0 aromatic heterocycles. The van der Waals surface area contributed by atoms with Crippen molar-refractivity contribution >= 4 is 50.8 Å². The Kier molecular flexibility index (Phi) is 8.60. The number of hydrogen-bond donors (Lipinski definition) is 2. The highest BCUT2D eigenvalue weighted by molar-refractivity contribution is 9.10. The van der Waals surface area contributed by atoms with Gasteiger partial charge in [-0.25, -0.2) is 4.79 Å². The van der Waals surface area contributed by atoms with Gasteiger partial charge in [-0.1, -0.05) is 29.3 Å². The molecule has 2 N–H and O–H groups in total. The molecular weight excluding hydrogens is 456 g/mol. The average Bonchev–Trinajstić information content (AvgIpc) is 2.68. The third-order valence-corrected chi connectivity index (χ3v) is 4.69. The maximum Gasteiger partial charge on any atom is 0.338 e. The maximum absolute atomic E-state index is 12.6. The van der Waals surface area contributed by atoms with Gasteiger partial charge in [0.05, 0.1) is 24.8 Å². The molecule has 0 aliphatic carbocycles. The molecule has 0 aliphatic heterocycles. The van der Waals surface area contributed by atoms with Crippen molar-refractivity contribution in [3.05, 3.63) is 57.6 Å². The second-order valence-corrected chi connectivity index (χ2v) is 7.60. The van der Waals surface area contributed by atoms with E-state index >= 15 is 0 Å². The minimum atomic E-state index is -0.389. The van der Waals surface area contributed by atoms with Gasteiger partial charge in [0.2, 0.25) is 0 Å². The Morgan fingerprint density at radius 2 is 1.86 bits per heavy atom. The van der Waals surface area contributed by atoms with Crippen molar-refractivity contribution in [2.45, 2.75) is 26.7 Å². The summed E-state index contributed by atoms with van der Waals surface area (Å²) in [4.78, 5) is 24.5. The van der Waals surface area contributed by atoms with Crippen LogP contribution in [0.2, 0.25) is 0 Å². The van der Waals surface area contributed by atoms with E-state index in [-0.39, 0.29) is 17.0 Å². The number of hydrogen-bond acceptors (Lipinski definition) is 5. The number of thiocarbonyl (C=S) groups is 1. The topological polar surface area (TPSA) is 76.7 Å². The summed E-state index contributed by atoms with van der Waals surface area (Å²) in [5.74, 6) is -0.266. The summed E-state index contributed by atoms with van der Waals surface area (Å²) in [5, 5.41) is 5.69. The SMILES string of the molecule is CCCCOC(=O)c1ccc(NC(=S)NC(=O)c2cc(Br)cc(C)c2OC)cc1. The molecule has 0 saturated carbocycles. The largest absolute Gasteiger partial charge is 0.496 e. The van der Waals surface area contributed by atoms with Crippen LogP contribution >= 0.6 is 28.1 Å². The monoisotopic (exact) mass is 478 g/mol. The summed E-state index contributed by atoms with van der Waals surface area (Å²) >= 11 is 8.61. The van der Waals surface area contributed by atoms with Gasteiger partial charge >= 0.3 is 5.97 Å². The number of amides is 1. The van der Waals surface area contributed by atoms with Crippen LogP contribution in [0.4, 0.5) is 5.69 Å². The van der Waals surface area contributed by atoms with Crippen LogP contribution in [-0.2, 0) is 4.74 Å². The Balaban J connectivity index is 1.99. The Morgan fingerprint density at radius 1 is 1.17 bits per heavy atom. The zero-order valence-corrected chi connectivity index (χ0v) is 18.9. The summed E-state index contributed by atoms with van der Waals surface area (Å²) < 4.78 is 11.3. The van der Waals surface area contributed by atoms with Gasteiger partial charge in [0, 0.05) is 10.2 Å². The fourth-order valence-corrected chi connectivity index (χ4v) is 3.37. The highest BCUT2D eigenvalue weighted by atomic mass is 79.9. The zero-order valence-electron chi connectivity index (χ0n) is 16.5. The van der Waals surface area contributed by atoms with Crippen LogP contribution in [0, 0.1) is 6.92 Å². The fourth-order valence-electron chi connectivity index (χ4n) is 2.58. The molecule has 1 amide bonds. The third kappa shape index (κ3) is 6.54. The van der Waals surface area contributed by atoms with Crippen LogP contribution in [0.25, 0.3) is 0 Å². The molecule has 29 heavy (non-hydrogen) atoms. The summed E-state index contributed by atoms with van der Waals surface area (Å²) in [7, 11) is 1.51. The summed E-state index contributed by atoms with van der Waals surface area (Å²) in [6, 6.07) is 10.2. The molecule has 6 nitrogen and oxygen atoms in total. The lowest BCUT2D eigenvalue weighted by atomic mass is 10.1. The van der Waals surface area contributed by atoms with E-state index in [9.17, 15) is 9.59 Å². The van der Waals surface area contributed by atoms with Crippen LogP contribution in [-0.4, -0.2) is 30.7 Å². The minimum absolute atomic E-state index is 0.132. The predicted molar refractivity (Wildman–Crippen MR) is 121 cm³/mol. The van der Waals surface area contributed by atoms with Crippen molar-refractivity contribution in [3.8, 4) is 5.75 Å². The van der Waals surface area contributed by atoms with E-state index in [2.05, 4.69) is 26.6 Å². The van der Waals surface area contributed by atoms with Gasteiger partial charge in [-0.2, -0.15) is 0 Å². The summed E-state index contributed by atoms with van der Waals surface area (Å²) in [5.41, 5.74) is 2.29. The first-order valence-corrected chi connectivity index (χ1v) is 10.3. The molecule has 0 fully saturated rings. The smallest absolute Gasteiger partial charge is 0.338 e. The number of carbonyl (C=O) groups is 2. The number of anilines is 1. The Hall–Kier alpha value is -2.45. The van der Waals surface area contributed by atoms with Crippen molar-refractivity contribution in [2.75, 3.05) is 19.0 Å². The second kappa shape index (κ2) is 10.9. The lowest BCUT2D eigenvalue weighted by Gasteiger charge is -2.14. The molecule has 0 unspecified atom stereocenters. The lowest BCUT2D eigenvalue weighted by Crippen LogP contribution is -2.34. The number of nitrogens with one attached hydrogen (secondary N) is 2. The van der Waals surface area contributed by atoms with Gasteiger partial charge in [-0.05, 0) is 67.5 Å². The number of benzene rings is 2. The molecule has 0 saturated heterocycles. The number of carbonyl (C=O) groups excluding carboxylic acids is 2. The molecule has 0 radical (unpaired) electrons. The van der Waals surface area contributed by atoms with Crippen LogP contribution in [0.5, 0.6) is 5.75 Å². The minimum Gasteiger partial charge on any atom is -0.496 e. The van der Waals surface area contributed by atoms with Gasteiger partial charge < -0.3 is 14.8 Å². The van der Waals surface area contributed by atoms with Gasteiger partial charge in [0.1, 0.15) is 5.75 Å². The van der Waals surface area contributed by atoms with E-state index in [1.54, 1.807) is 30.3 Å². The molecule has 0 heterocycles. The average molecular weight is 479 g/mol. The van der Waals surface area contributed by atoms with Gasteiger partial charge in [-0.15, -0.1) is 0 Å². The van der Waals surface area contributed by atoms with Gasteiger partial charge in [-0.3, -0.25) is 10.1 Å². The fraction of sp³-hybridized carbons (Fsp3) is 0.286. The normalized spacial score (nSPS) is 10.2. The Labute approximate surface area is 184 Å². The molecule has 154 valence electrons. The lowest BCUT2D eigenvalue weighted by molar-refractivity contribution is 0.0499. The van der Waals surface area contributed by atoms with E-state index in [0.717, 1.165) is 22.9 Å². The number of esters is 1. The quantitative estimate of drug-likeness (QED) is 0.336. The van der Waals surface area contributed by atoms with Crippen molar-refractivity contribution in [1.29, 1.82) is 0 Å². The van der Waals surface area contributed by atoms with E-state index in [4.69, 9.17) is 21.7 Å². The molecular formula is C21H23BrN2O4S. The van der Waals surface area contributed by atoms with Gasteiger partial charge in [0.25, 0.3) is 5.91 Å². The maximum atomic E-state index is 12.6. The van der Waals surface area contributed by atoms with Crippen LogP contribution in [0.15, 0.2) is 40.9 Å². The number of aryl methyl sites for hydroxylation is 1. The molecule has 0 spiro atoms. The van der Waals surface area contributed by atoms with Crippen LogP contribution in [0.1, 0.15) is 46.0 Å². The highest BCUT2D eigenvalue weighted by Gasteiger charge is 2.17. The molecule has 2 rings (SSSR count). The highest BCUT2D eigenvalue weighted by Crippen LogP contribution is 2.27. The van der Waals surface area contributed by atoms with Crippen molar-refractivity contribution in [2.24, 2.45) is 0 Å². The van der Waals surface area contributed by atoms with Crippen molar-refractivity contribution in [1.82, 2.24) is 5.32 Å². The third-order valence-electron chi connectivity index (χ3n) is 4.02. The molecule has 0 atom stereocenters. The van der Waals surface area contributed by atoms with Crippen molar-refractivity contribution < 1.29 is 19.1 Å². The van der Waals surface area contributed by atoms with Crippen LogP contribution in [0.3, 0.4) is 0 Å². The first-order valence-electron chi connectivity index (χ1n) is 9.09. The van der Waals surface area contributed by atoms with Crippen LogP contribution < -0.4 is 15.4 Å². The van der Waals surface area contributed by atoms with Gasteiger partial charge in [0.15, 0.2) is 5.11 Å². The first kappa shape index (κ1) is 22.8. The Morgan fingerprint density at radius 3 is 2.48 bits per heavy atom. The zero-order chi connectivity index (χ0) is 21.4. The molecule has 8 heteroatoms. The molecule has 0 aliphatic rings. The molecule has 2 aromatic carbocycles. The van der Waals surface area contributed by atoms with E-state index < -0.39 is 0 Å². The first-order chi connectivity index (χ1) is 13.8. The Bertz CT molecular complexity index is 900. The van der Waals surface area contributed by atoms with E-state index in [0.29, 0.717) is 29.2 Å². The molecule has 0 bridgehead atoms. The molecule has 2 aromatic rings. The second-order valence-electron chi connectivity index (χ2n) is 6.28.